The van der Waals surface area contributed by atoms with Gasteiger partial charge in [-0.2, -0.15) is 0 Å². The second-order valence-corrected chi connectivity index (χ2v) is 8.99. The van der Waals surface area contributed by atoms with Gasteiger partial charge in [-0.25, -0.2) is 0 Å². The number of nitrogens with one attached hydrogen (secondary N) is 1. The zero-order valence-corrected chi connectivity index (χ0v) is 18.0. The van der Waals surface area contributed by atoms with Gasteiger partial charge in [0.25, 0.3) is 0 Å². The smallest absolute Gasteiger partial charge is 0.112 e. The van der Waals surface area contributed by atoms with Gasteiger partial charge in [-0.15, -0.1) is 11.3 Å². The fraction of sp³-hybridized carbons (Fsp3) is 0.429. The van der Waals surface area contributed by atoms with Crippen LogP contribution in [-0.2, 0) is 17.6 Å². The minimum absolute atomic E-state index is 0.747. The van der Waals surface area contributed by atoms with E-state index in [0.717, 1.165) is 59.7 Å². The molecule has 0 saturated carbocycles. The monoisotopic (exact) mass is 416 g/mol. The van der Waals surface area contributed by atoms with Crippen LogP contribution in [0.5, 0.6) is 0 Å². The molecule has 2 heterocycles. The Kier molecular flexibility index (Phi) is 5.88. The number of hydrogen-bond donors (Lipinski definition) is 1. The van der Waals surface area contributed by atoms with Crippen LogP contribution in [0.2, 0.25) is 0 Å². The first-order valence-corrected chi connectivity index (χ1v) is 11.2. The van der Waals surface area contributed by atoms with E-state index in [1.165, 1.54) is 34.4 Å². The van der Waals surface area contributed by atoms with Crippen molar-refractivity contribution in [2.75, 3.05) is 31.6 Å². The van der Waals surface area contributed by atoms with Crippen molar-refractivity contribution < 1.29 is 4.74 Å². The Bertz CT molecular complexity index is 868. The van der Waals surface area contributed by atoms with Gasteiger partial charge in [-0.3, -0.25) is 0 Å². The summed E-state index contributed by atoms with van der Waals surface area (Å²) in [4.78, 5) is 5.49. The zero-order valence-electron chi connectivity index (χ0n) is 15.5. The number of anilines is 1. The summed E-state index contributed by atoms with van der Waals surface area (Å²) >= 11 is 13.5. The average Bonchev–Trinajstić information content (AvgIpc) is 3.06. The van der Waals surface area contributed by atoms with E-state index in [9.17, 15) is 0 Å². The van der Waals surface area contributed by atoms with Gasteiger partial charge >= 0.3 is 0 Å². The number of hydrogen-bond acceptors (Lipinski definition) is 4. The lowest BCUT2D eigenvalue weighted by Gasteiger charge is -2.30. The third kappa shape index (κ3) is 3.94. The molecule has 1 aromatic heterocycles. The molecular weight excluding hydrogens is 392 g/mol. The molecule has 0 radical (unpaired) electrons. The molecule has 3 nitrogen and oxygen atoms in total. The van der Waals surface area contributed by atoms with Crippen LogP contribution in [0.25, 0.3) is 0 Å². The number of thiocarbonyl (C=S) groups is 2. The lowest BCUT2D eigenvalue weighted by atomic mass is 9.95. The topological polar surface area (TPSA) is 24.5 Å². The molecule has 0 unspecified atom stereocenters. The molecule has 0 atom stereocenters. The number of thiophene rings is 1. The highest BCUT2D eigenvalue weighted by atomic mass is 32.1. The van der Waals surface area contributed by atoms with Gasteiger partial charge in [0, 0.05) is 29.1 Å². The van der Waals surface area contributed by atoms with E-state index >= 15 is 0 Å². The number of nitrogens with zero attached hydrogens (tertiary/aromatic N) is 1. The molecule has 1 aliphatic heterocycles. The van der Waals surface area contributed by atoms with Crippen LogP contribution in [-0.4, -0.2) is 41.2 Å². The molecule has 2 aliphatic rings. The molecular formula is C21H24N2OS3. The first-order valence-electron chi connectivity index (χ1n) is 9.53. The van der Waals surface area contributed by atoms with E-state index in [4.69, 9.17) is 29.2 Å². The zero-order chi connectivity index (χ0) is 18.8. The van der Waals surface area contributed by atoms with Gasteiger partial charge in [-0.1, -0.05) is 48.7 Å². The van der Waals surface area contributed by atoms with Crippen LogP contribution in [0.3, 0.4) is 0 Å². The largest absolute Gasteiger partial charge is 0.378 e. The summed E-state index contributed by atoms with van der Waals surface area (Å²) in [6.07, 6.45) is 4.77. The molecule has 0 bridgehead atoms. The number of ether oxygens (including phenoxy) is 1. The molecule has 1 fully saturated rings. The van der Waals surface area contributed by atoms with Gasteiger partial charge in [0.1, 0.15) is 15.0 Å². The summed E-state index contributed by atoms with van der Waals surface area (Å²) in [5, 5.41) is 4.67. The molecule has 2 aromatic rings. The third-order valence-electron chi connectivity index (χ3n) is 5.30. The molecule has 1 saturated heterocycles. The van der Waals surface area contributed by atoms with Crippen LogP contribution in [0.15, 0.2) is 24.3 Å². The first kappa shape index (κ1) is 19.0. The van der Waals surface area contributed by atoms with Crippen molar-refractivity contribution in [3.63, 3.8) is 0 Å². The number of morpholine rings is 1. The number of rotatable bonds is 3. The van der Waals surface area contributed by atoms with Gasteiger partial charge in [0.2, 0.25) is 0 Å². The number of fused-ring (bicyclic) bond motifs is 1. The SMILES string of the molecule is Cc1ccccc1C(=S)Nc1sc2c(c1C(=S)N1CCOCC1)CCCC2. The second kappa shape index (κ2) is 8.35. The van der Waals surface area contributed by atoms with E-state index in [0.29, 0.717) is 0 Å². The molecule has 1 aromatic carbocycles. The third-order valence-corrected chi connectivity index (χ3v) is 7.29. The molecule has 6 heteroatoms. The Labute approximate surface area is 175 Å². The van der Waals surface area contributed by atoms with Crippen LogP contribution >= 0.6 is 35.8 Å². The lowest BCUT2D eigenvalue weighted by Crippen LogP contribution is -2.40. The number of benzene rings is 1. The van der Waals surface area contributed by atoms with Crippen molar-refractivity contribution in [2.45, 2.75) is 32.6 Å². The van der Waals surface area contributed by atoms with E-state index in [1.54, 1.807) is 0 Å². The summed E-state index contributed by atoms with van der Waals surface area (Å²) in [6, 6.07) is 8.26. The highest BCUT2D eigenvalue weighted by Gasteiger charge is 2.27. The fourth-order valence-corrected chi connectivity index (χ4v) is 5.97. The average molecular weight is 417 g/mol. The van der Waals surface area contributed by atoms with E-state index in [2.05, 4.69) is 29.3 Å². The van der Waals surface area contributed by atoms with Gasteiger partial charge in [-0.05, 0) is 43.7 Å². The van der Waals surface area contributed by atoms with Crippen LogP contribution in [0, 0.1) is 6.92 Å². The van der Waals surface area contributed by atoms with Gasteiger partial charge < -0.3 is 15.0 Å². The normalized spacial score (nSPS) is 16.7. The van der Waals surface area contributed by atoms with Crippen molar-refractivity contribution in [1.82, 2.24) is 4.90 Å². The summed E-state index contributed by atoms with van der Waals surface area (Å²) in [5.74, 6) is 0. The Morgan fingerprint density at radius 1 is 1.11 bits per heavy atom. The maximum absolute atomic E-state index is 5.96. The van der Waals surface area contributed by atoms with E-state index in [-0.39, 0.29) is 0 Å². The maximum Gasteiger partial charge on any atom is 0.112 e. The number of aryl methyl sites for hydroxylation is 2. The lowest BCUT2D eigenvalue weighted by molar-refractivity contribution is 0.0693. The molecule has 4 rings (SSSR count). The fourth-order valence-electron chi connectivity index (χ4n) is 3.80. The Morgan fingerprint density at radius 3 is 2.63 bits per heavy atom. The molecule has 0 amide bonds. The Balaban J connectivity index is 1.67. The van der Waals surface area contributed by atoms with Crippen molar-refractivity contribution in [1.29, 1.82) is 0 Å². The quantitative estimate of drug-likeness (QED) is 0.729. The second-order valence-electron chi connectivity index (χ2n) is 7.09. The van der Waals surface area contributed by atoms with Crippen LogP contribution < -0.4 is 5.32 Å². The predicted octanol–water partition coefficient (Wildman–Crippen LogP) is 4.73. The molecule has 0 spiro atoms. The summed E-state index contributed by atoms with van der Waals surface area (Å²) in [7, 11) is 0. The minimum atomic E-state index is 0.747. The summed E-state index contributed by atoms with van der Waals surface area (Å²) < 4.78 is 5.51. The van der Waals surface area contributed by atoms with Crippen LogP contribution in [0.1, 0.15) is 40.0 Å². The van der Waals surface area contributed by atoms with Crippen molar-refractivity contribution in [3.8, 4) is 0 Å². The summed E-state index contributed by atoms with van der Waals surface area (Å²) in [6.45, 7) is 5.33. The van der Waals surface area contributed by atoms with Gasteiger partial charge in [0.05, 0.1) is 13.2 Å². The Morgan fingerprint density at radius 2 is 1.85 bits per heavy atom. The minimum Gasteiger partial charge on any atom is -0.378 e. The highest BCUT2D eigenvalue weighted by molar-refractivity contribution is 7.81. The highest BCUT2D eigenvalue weighted by Crippen LogP contribution is 2.39. The summed E-state index contributed by atoms with van der Waals surface area (Å²) in [5.41, 5.74) is 4.93. The Hall–Kier alpha value is -1.34. The molecule has 142 valence electrons. The van der Waals surface area contributed by atoms with Crippen molar-refractivity contribution >= 4 is 50.8 Å². The standard InChI is InChI=1S/C21H24N2OS3/c1-14-6-2-3-7-15(14)19(25)22-20-18(16-8-4-5-9-17(16)27-20)21(26)23-10-12-24-13-11-23/h2-3,6-7H,4-5,8-13H2,1H3,(H,22,25). The predicted molar refractivity (Wildman–Crippen MR) is 122 cm³/mol. The van der Waals surface area contributed by atoms with Crippen molar-refractivity contribution in [2.24, 2.45) is 0 Å². The first-order chi connectivity index (χ1) is 13.1. The van der Waals surface area contributed by atoms with Crippen molar-refractivity contribution in [3.05, 3.63) is 51.4 Å². The molecule has 1 aliphatic carbocycles. The van der Waals surface area contributed by atoms with Crippen LogP contribution in [0.4, 0.5) is 5.00 Å². The maximum atomic E-state index is 5.96. The molecule has 1 N–H and O–H groups in total. The van der Waals surface area contributed by atoms with E-state index in [1.807, 2.05) is 23.5 Å². The van der Waals surface area contributed by atoms with E-state index < -0.39 is 0 Å². The molecule has 27 heavy (non-hydrogen) atoms. The van der Waals surface area contributed by atoms with Gasteiger partial charge in [0.15, 0.2) is 0 Å².